The lowest BCUT2D eigenvalue weighted by atomic mass is 9.90. The van der Waals surface area contributed by atoms with Crippen LogP contribution in [0.5, 0.6) is 5.75 Å². The molecule has 0 spiro atoms. The molecular formula is C23H30BrNO3. The first-order chi connectivity index (χ1) is 13.2. The van der Waals surface area contributed by atoms with Crippen molar-refractivity contribution in [2.75, 3.05) is 6.61 Å². The van der Waals surface area contributed by atoms with E-state index in [1.54, 1.807) is 0 Å². The lowest BCUT2D eigenvalue weighted by Gasteiger charge is -2.26. The molecule has 0 saturated carbocycles. The van der Waals surface area contributed by atoms with Crippen LogP contribution in [0.1, 0.15) is 47.0 Å². The fraction of sp³-hybridized carbons (Fsp3) is 0.478. The van der Waals surface area contributed by atoms with Crippen LogP contribution in [0.2, 0.25) is 0 Å². The fourth-order valence-electron chi connectivity index (χ4n) is 3.38. The van der Waals surface area contributed by atoms with Gasteiger partial charge in [0.25, 0.3) is 0 Å². The molecule has 0 radical (unpaired) electrons. The molecule has 2 aromatic rings. The number of amides is 1. The van der Waals surface area contributed by atoms with Gasteiger partial charge in [0.05, 0.1) is 6.61 Å². The Morgan fingerprint density at radius 1 is 1.14 bits per heavy atom. The van der Waals surface area contributed by atoms with E-state index >= 15 is 0 Å². The summed E-state index contributed by atoms with van der Waals surface area (Å²) in [5, 5.41) is 2.28. The van der Waals surface area contributed by atoms with Crippen LogP contribution in [0.15, 0.2) is 45.9 Å². The van der Waals surface area contributed by atoms with Crippen LogP contribution >= 0.6 is 15.9 Å². The number of rotatable bonds is 9. The van der Waals surface area contributed by atoms with Crippen LogP contribution in [0, 0.1) is 11.8 Å². The van der Waals surface area contributed by atoms with Gasteiger partial charge in [-0.15, -0.1) is 0 Å². The monoisotopic (exact) mass is 447 g/mol. The highest BCUT2D eigenvalue weighted by molar-refractivity contribution is 9.10. The molecular weight excluding hydrogens is 418 g/mol. The minimum absolute atomic E-state index is 0.429. The smallest absolute Gasteiger partial charge is 0.433 e. The third kappa shape index (κ3) is 6.62. The van der Waals surface area contributed by atoms with Gasteiger partial charge < -0.3 is 9.47 Å². The van der Waals surface area contributed by atoms with Crippen LogP contribution in [0.4, 0.5) is 4.79 Å². The number of hydrogen-bond acceptors (Lipinski definition) is 3. The second-order valence-electron chi connectivity index (χ2n) is 8.17. The zero-order valence-corrected chi connectivity index (χ0v) is 18.8. The van der Waals surface area contributed by atoms with Crippen molar-refractivity contribution in [2.45, 2.75) is 52.6 Å². The SMILES string of the molecule is C=NC(=O)OC(C)(C)CCC(C)CC(C)COc1ccc(Br)c2ccccc12. The minimum Gasteiger partial charge on any atom is -0.493 e. The number of fused-ring (bicyclic) bond motifs is 1. The maximum Gasteiger partial charge on any atom is 0.433 e. The first-order valence-corrected chi connectivity index (χ1v) is 10.5. The van der Waals surface area contributed by atoms with Crippen molar-refractivity contribution in [3.63, 3.8) is 0 Å². The molecule has 152 valence electrons. The Morgan fingerprint density at radius 2 is 1.82 bits per heavy atom. The summed E-state index contributed by atoms with van der Waals surface area (Å²) in [5.74, 6) is 1.86. The Morgan fingerprint density at radius 3 is 2.50 bits per heavy atom. The second-order valence-corrected chi connectivity index (χ2v) is 9.03. The Kier molecular flexibility index (Phi) is 8.05. The summed E-state index contributed by atoms with van der Waals surface area (Å²) in [6, 6.07) is 12.3. The zero-order chi connectivity index (χ0) is 20.7. The first kappa shape index (κ1) is 22.4. The van der Waals surface area contributed by atoms with Gasteiger partial charge in [0.1, 0.15) is 11.4 Å². The fourth-order valence-corrected chi connectivity index (χ4v) is 3.86. The average Bonchev–Trinajstić information content (AvgIpc) is 2.66. The molecule has 0 bridgehead atoms. The molecule has 2 rings (SSSR count). The minimum atomic E-state index is -0.610. The van der Waals surface area contributed by atoms with Crippen molar-refractivity contribution in [1.82, 2.24) is 0 Å². The second kappa shape index (κ2) is 10.1. The lowest BCUT2D eigenvalue weighted by Crippen LogP contribution is -2.27. The van der Waals surface area contributed by atoms with Gasteiger partial charge in [0.2, 0.25) is 0 Å². The summed E-state index contributed by atoms with van der Waals surface area (Å²) < 4.78 is 12.5. The van der Waals surface area contributed by atoms with Crippen molar-refractivity contribution in [3.8, 4) is 5.75 Å². The quantitative estimate of drug-likeness (QED) is 0.387. The highest BCUT2D eigenvalue weighted by atomic mass is 79.9. The van der Waals surface area contributed by atoms with Gasteiger partial charge >= 0.3 is 6.09 Å². The standard InChI is InChI=1S/C23H30BrNO3/c1-16(12-13-23(3,4)28-22(26)25-5)14-17(2)15-27-21-11-10-20(24)18-8-6-7-9-19(18)21/h6-11,16-17H,5,12-15H2,1-4H3. The third-order valence-corrected chi connectivity index (χ3v) is 5.58. The Labute approximate surface area is 176 Å². The predicted molar refractivity (Wildman–Crippen MR) is 119 cm³/mol. The molecule has 2 atom stereocenters. The molecule has 0 N–H and O–H groups in total. The molecule has 28 heavy (non-hydrogen) atoms. The van der Waals surface area contributed by atoms with Crippen LogP contribution in [-0.2, 0) is 4.74 Å². The number of hydrogen-bond donors (Lipinski definition) is 0. The van der Waals surface area contributed by atoms with Crippen molar-refractivity contribution < 1.29 is 14.3 Å². The highest BCUT2D eigenvalue weighted by Gasteiger charge is 2.23. The maximum atomic E-state index is 11.3. The number of ether oxygens (including phenoxy) is 2. The van der Waals surface area contributed by atoms with Gasteiger partial charge in [-0.25, -0.2) is 4.79 Å². The van der Waals surface area contributed by atoms with E-state index < -0.39 is 11.7 Å². The normalized spacial score (nSPS) is 13.8. The van der Waals surface area contributed by atoms with E-state index in [-0.39, 0.29) is 0 Å². The highest BCUT2D eigenvalue weighted by Crippen LogP contribution is 2.32. The Bertz CT molecular complexity index is 819. The van der Waals surface area contributed by atoms with Gasteiger partial charge in [0.15, 0.2) is 0 Å². The van der Waals surface area contributed by atoms with E-state index in [2.05, 4.69) is 53.6 Å². The third-order valence-electron chi connectivity index (χ3n) is 4.89. The molecule has 2 unspecified atom stereocenters. The van der Waals surface area contributed by atoms with Gasteiger partial charge in [-0.3, -0.25) is 0 Å². The molecule has 2 aromatic carbocycles. The molecule has 0 aliphatic heterocycles. The maximum absolute atomic E-state index is 11.3. The number of carbonyl (C=O) groups excluding carboxylic acids is 1. The van der Waals surface area contributed by atoms with E-state index in [0.717, 1.165) is 40.3 Å². The molecule has 0 aromatic heterocycles. The Hall–Kier alpha value is -1.88. The number of benzene rings is 2. The lowest BCUT2D eigenvalue weighted by molar-refractivity contribution is 0.0343. The summed E-state index contributed by atoms with van der Waals surface area (Å²) >= 11 is 3.60. The van der Waals surface area contributed by atoms with Gasteiger partial charge in [0, 0.05) is 9.86 Å². The topological polar surface area (TPSA) is 47.9 Å². The summed E-state index contributed by atoms with van der Waals surface area (Å²) in [6.07, 6.45) is 2.21. The summed E-state index contributed by atoms with van der Waals surface area (Å²) in [7, 11) is 0. The Balaban J connectivity index is 1.84. The van der Waals surface area contributed by atoms with Crippen LogP contribution < -0.4 is 4.74 Å². The number of carbonyl (C=O) groups is 1. The first-order valence-electron chi connectivity index (χ1n) is 9.71. The van der Waals surface area contributed by atoms with Crippen molar-refractivity contribution in [1.29, 1.82) is 0 Å². The number of aliphatic imine (C=N–C) groups is 1. The summed E-state index contributed by atoms with van der Waals surface area (Å²) in [4.78, 5) is 14.6. The van der Waals surface area contributed by atoms with E-state index in [9.17, 15) is 4.79 Å². The molecule has 0 fully saturated rings. The van der Waals surface area contributed by atoms with Crippen molar-refractivity contribution >= 4 is 39.5 Å². The van der Waals surface area contributed by atoms with Crippen LogP contribution in [-0.4, -0.2) is 25.0 Å². The van der Waals surface area contributed by atoms with Gasteiger partial charge in [-0.2, -0.15) is 4.99 Å². The van der Waals surface area contributed by atoms with Crippen molar-refractivity contribution in [2.24, 2.45) is 16.8 Å². The number of nitrogens with zero attached hydrogens (tertiary/aromatic N) is 1. The molecule has 1 amide bonds. The molecule has 4 nitrogen and oxygen atoms in total. The average molecular weight is 448 g/mol. The molecule has 0 aliphatic rings. The van der Waals surface area contributed by atoms with Crippen LogP contribution in [0.3, 0.4) is 0 Å². The zero-order valence-electron chi connectivity index (χ0n) is 17.2. The van der Waals surface area contributed by atoms with E-state index in [4.69, 9.17) is 9.47 Å². The predicted octanol–water partition coefficient (Wildman–Crippen LogP) is 7.04. The molecule has 0 aliphatic carbocycles. The summed E-state index contributed by atoms with van der Waals surface area (Å²) in [5.41, 5.74) is -0.525. The van der Waals surface area contributed by atoms with E-state index in [0.29, 0.717) is 18.4 Å². The van der Waals surface area contributed by atoms with E-state index in [1.165, 1.54) is 0 Å². The van der Waals surface area contributed by atoms with Crippen LogP contribution in [0.25, 0.3) is 10.8 Å². The summed E-state index contributed by atoms with van der Waals surface area (Å²) in [6.45, 7) is 12.1. The molecule has 5 heteroatoms. The molecule has 0 heterocycles. The van der Waals surface area contributed by atoms with Crippen molar-refractivity contribution in [3.05, 3.63) is 40.9 Å². The van der Waals surface area contributed by atoms with Gasteiger partial charge in [-0.05, 0) is 69.2 Å². The largest absolute Gasteiger partial charge is 0.493 e. The number of halogens is 1. The molecule has 0 saturated heterocycles. The van der Waals surface area contributed by atoms with Gasteiger partial charge in [-0.1, -0.05) is 54.0 Å². The van der Waals surface area contributed by atoms with E-state index in [1.807, 2.05) is 38.1 Å².